The number of hydrogen-bond acceptors (Lipinski definition) is 1. The number of primary amides is 1. The van der Waals surface area contributed by atoms with Crippen LogP contribution in [0.4, 0.5) is 0 Å². The molecule has 15 heavy (non-hydrogen) atoms. The van der Waals surface area contributed by atoms with Crippen molar-refractivity contribution in [2.24, 2.45) is 5.73 Å². The van der Waals surface area contributed by atoms with E-state index >= 15 is 0 Å². The van der Waals surface area contributed by atoms with E-state index in [2.05, 4.69) is 0 Å². The summed E-state index contributed by atoms with van der Waals surface area (Å²) in [7, 11) is 0. The lowest BCUT2D eigenvalue weighted by atomic mass is 10.00. The number of carbonyl (C=O) groups is 1. The summed E-state index contributed by atoms with van der Waals surface area (Å²) in [4.78, 5) is 11.3. The molecule has 0 aliphatic heterocycles. The van der Waals surface area contributed by atoms with E-state index < -0.39 is 5.91 Å². The van der Waals surface area contributed by atoms with Crippen LogP contribution in [0.3, 0.4) is 0 Å². The molecular formula is C13H11NO. The smallest absolute Gasteiger partial charge is 0.249 e. The maximum absolute atomic E-state index is 11.3. The van der Waals surface area contributed by atoms with Gasteiger partial charge in [-0.05, 0) is 17.2 Å². The van der Waals surface area contributed by atoms with E-state index in [9.17, 15) is 4.79 Å². The molecule has 0 aromatic rings. The van der Waals surface area contributed by atoms with Gasteiger partial charge in [-0.1, -0.05) is 48.6 Å². The summed E-state index contributed by atoms with van der Waals surface area (Å²) in [6.45, 7) is 0. The van der Waals surface area contributed by atoms with Gasteiger partial charge in [0, 0.05) is 5.57 Å². The third-order valence-corrected chi connectivity index (χ3v) is 2.28. The number of allylic oxidation sites excluding steroid dienone is 10. The van der Waals surface area contributed by atoms with Crippen LogP contribution in [0.15, 0.2) is 71.4 Å². The minimum absolute atomic E-state index is 0.401. The lowest BCUT2D eigenvalue weighted by molar-refractivity contribution is -0.114. The second-order valence-corrected chi connectivity index (χ2v) is 3.28. The van der Waals surface area contributed by atoms with Crippen LogP contribution in [0, 0.1) is 0 Å². The molecule has 0 saturated heterocycles. The number of carbonyl (C=O) groups excluding carboxylic acids is 1. The zero-order chi connectivity index (χ0) is 10.7. The maximum atomic E-state index is 11.3. The molecule has 0 saturated carbocycles. The Hall–Kier alpha value is -2.09. The molecule has 1 amide bonds. The van der Waals surface area contributed by atoms with Gasteiger partial charge in [0.1, 0.15) is 0 Å². The first-order chi connectivity index (χ1) is 7.29. The Kier molecular flexibility index (Phi) is 2.50. The van der Waals surface area contributed by atoms with Crippen molar-refractivity contribution in [2.45, 2.75) is 0 Å². The van der Waals surface area contributed by atoms with Gasteiger partial charge in [0.05, 0.1) is 0 Å². The molecule has 74 valence electrons. The SMILES string of the molecule is NC(=O)C1=C2C=CC=CC=C2C=CC=C1. The van der Waals surface area contributed by atoms with Crippen LogP contribution < -0.4 is 5.73 Å². The highest BCUT2D eigenvalue weighted by Gasteiger charge is 2.11. The molecule has 0 aromatic heterocycles. The van der Waals surface area contributed by atoms with Crippen LogP contribution in [0.1, 0.15) is 0 Å². The number of rotatable bonds is 1. The molecule has 0 aromatic carbocycles. The zero-order valence-corrected chi connectivity index (χ0v) is 8.18. The van der Waals surface area contributed by atoms with Crippen molar-refractivity contribution < 1.29 is 4.79 Å². The summed E-state index contributed by atoms with van der Waals surface area (Å²) in [5.74, 6) is -0.401. The molecule has 0 atom stereocenters. The molecule has 0 radical (unpaired) electrons. The zero-order valence-electron chi connectivity index (χ0n) is 8.18. The quantitative estimate of drug-likeness (QED) is 0.686. The van der Waals surface area contributed by atoms with E-state index in [1.807, 2.05) is 48.6 Å². The van der Waals surface area contributed by atoms with Gasteiger partial charge in [-0.2, -0.15) is 0 Å². The van der Waals surface area contributed by atoms with E-state index in [0.717, 1.165) is 11.1 Å². The van der Waals surface area contributed by atoms with Crippen molar-refractivity contribution in [1.82, 2.24) is 0 Å². The molecule has 0 fully saturated rings. The summed E-state index contributed by atoms with van der Waals surface area (Å²) in [6, 6.07) is 0. The maximum Gasteiger partial charge on any atom is 0.249 e. The molecule has 0 unspecified atom stereocenters. The lowest BCUT2D eigenvalue weighted by Crippen LogP contribution is -2.14. The Morgan fingerprint density at radius 2 is 1.67 bits per heavy atom. The van der Waals surface area contributed by atoms with Crippen molar-refractivity contribution in [3.05, 3.63) is 71.4 Å². The third-order valence-electron chi connectivity index (χ3n) is 2.28. The summed E-state index contributed by atoms with van der Waals surface area (Å²) in [5.41, 5.74) is 7.76. The van der Waals surface area contributed by atoms with Crippen LogP contribution >= 0.6 is 0 Å². The Balaban J connectivity index is 2.63. The van der Waals surface area contributed by atoms with E-state index in [4.69, 9.17) is 5.73 Å². The van der Waals surface area contributed by atoms with E-state index in [0.29, 0.717) is 5.57 Å². The molecule has 0 heterocycles. The normalized spacial score (nSPS) is 18.3. The largest absolute Gasteiger partial charge is 0.366 e. The van der Waals surface area contributed by atoms with Gasteiger partial charge >= 0.3 is 0 Å². The van der Waals surface area contributed by atoms with E-state index in [1.165, 1.54) is 0 Å². The molecule has 2 rings (SSSR count). The summed E-state index contributed by atoms with van der Waals surface area (Å²) in [6.07, 6.45) is 17.0. The number of hydrogen-bond donors (Lipinski definition) is 1. The minimum atomic E-state index is -0.401. The van der Waals surface area contributed by atoms with E-state index in [1.54, 1.807) is 6.08 Å². The predicted octanol–water partition coefficient (Wildman–Crippen LogP) is 1.95. The average Bonchev–Trinajstić information content (AvgIpc) is 2.51. The van der Waals surface area contributed by atoms with Gasteiger partial charge in [0.2, 0.25) is 5.91 Å². The Bertz CT molecular complexity index is 471. The highest BCUT2D eigenvalue weighted by Crippen LogP contribution is 2.23. The van der Waals surface area contributed by atoms with Crippen molar-refractivity contribution in [3.63, 3.8) is 0 Å². The fraction of sp³-hybridized carbons (Fsp3) is 0. The van der Waals surface area contributed by atoms with Crippen LogP contribution in [-0.2, 0) is 4.79 Å². The topological polar surface area (TPSA) is 43.1 Å². The summed E-state index contributed by atoms with van der Waals surface area (Å²) in [5, 5.41) is 0. The lowest BCUT2D eigenvalue weighted by Gasteiger charge is -2.05. The molecular weight excluding hydrogens is 186 g/mol. The average molecular weight is 197 g/mol. The number of amides is 1. The van der Waals surface area contributed by atoms with Crippen molar-refractivity contribution in [2.75, 3.05) is 0 Å². The van der Waals surface area contributed by atoms with Gasteiger partial charge in [0.25, 0.3) is 0 Å². The van der Waals surface area contributed by atoms with Gasteiger partial charge < -0.3 is 5.73 Å². The fourth-order valence-electron chi connectivity index (χ4n) is 1.57. The highest BCUT2D eigenvalue weighted by molar-refractivity contribution is 5.97. The van der Waals surface area contributed by atoms with Crippen molar-refractivity contribution in [3.8, 4) is 0 Å². The molecule has 2 N–H and O–H groups in total. The first kappa shape index (κ1) is 9.46. The van der Waals surface area contributed by atoms with Gasteiger partial charge in [0.15, 0.2) is 0 Å². The standard InChI is InChI=1S/C13H11NO/c14-13(15)12-9-5-4-7-10-6-2-1-3-8-11(10)12/h1-9H,(H2,14,15). The third kappa shape index (κ3) is 1.89. The first-order valence-electron chi connectivity index (χ1n) is 4.73. The van der Waals surface area contributed by atoms with Gasteiger partial charge in [-0.3, -0.25) is 4.79 Å². The highest BCUT2D eigenvalue weighted by atomic mass is 16.1. The van der Waals surface area contributed by atoms with Crippen LogP contribution in [0.5, 0.6) is 0 Å². The Labute approximate surface area is 88.5 Å². The van der Waals surface area contributed by atoms with Crippen molar-refractivity contribution in [1.29, 1.82) is 0 Å². The van der Waals surface area contributed by atoms with Gasteiger partial charge in [-0.15, -0.1) is 0 Å². The van der Waals surface area contributed by atoms with Crippen LogP contribution in [0.2, 0.25) is 0 Å². The van der Waals surface area contributed by atoms with Crippen LogP contribution in [0.25, 0.3) is 0 Å². The summed E-state index contributed by atoms with van der Waals surface area (Å²) < 4.78 is 0. The predicted molar refractivity (Wildman–Crippen MR) is 60.9 cm³/mol. The Morgan fingerprint density at radius 1 is 0.933 bits per heavy atom. The monoisotopic (exact) mass is 197 g/mol. The number of nitrogens with two attached hydrogens (primary N) is 1. The molecule has 2 aliphatic carbocycles. The summed E-state index contributed by atoms with van der Waals surface area (Å²) >= 11 is 0. The molecule has 2 heteroatoms. The first-order valence-corrected chi connectivity index (χ1v) is 4.73. The second kappa shape index (κ2) is 3.96. The molecule has 2 nitrogen and oxygen atoms in total. The second-order valence-electron chi connectivity index (χ2n) is 3.28. The molecule has 0 spiro atoms. The van der Waals surface area contributed by atoms with E-state index in [-0.39, 0.29) is 0 Å². The number of fused-ring (bicyclic) bond motifs is 1. The Morgan fingerprint density at radius 3 is 2.47 bits per heavy atom. The fourth-order valence-corrected chi connectivity index (χ4v) is 1.57. The van der Waals surface area contributed by atoms with Crippen molar-refractivity contribution >= 4 is 5.91 Å². The molecule has 2 aliphatic rings. The van der Waals surface area contributed by atoms with Crippen LogP contribution in [-0.4, -0.2) is 5.91 Å². The minimum Gasteiger partial charge on any atom is -0.366 e. The van der Waals surface area contributed by atoms with Gasteiger partial charge in [-0.25, -0.2) is 0 Å². The molecule has 0 bridgehead atoms.